The Labute approximate surface area is 152 Å². The summed E-state index contributed by atoms with van der Waals surface area (Å²) in [4.78, 5) is 12.4. The molecule has 1 aromatic rings. The van der Waals surface area contributed by atoms with E-state index in [-0.39, 0.29) is 5.91 Å². The molecule has 0 aromatic heterocycles. The predicted octanol–water partition coefficient (Wildman–Crippen LogP) is 3.50. The fourth-order valence-electron chi connectivity index (χ4n) is 6.08. The summed E-state index contributed by atoms with van der Waals surface area (Å²) >= 11 is 0. The minimum Gasteiger partial charge on any atom is -0.334 e. The number of nitrogens with two attached hydrogens (primary N) is 1. The van der Waals surface area contributed by atoms with Gasteiger partial charge in [-0.05, 0) is 67.6 Å². The van der Waals surface area contributed by atoms with Crippen molar-refractivity contribution in [2.24, 2.45) is 17.8 Å². The van der Waals surface area contributed by atoms with Gasteiger partial charge in [0.25, 0.3) is 5.91 Å². The van der Waals surface area contributed by atoms with E-state index in [9.17, 15) is 4.79 Å². The molecule has 0 spiro atoms. The molecule has 4 aliphatic rings. The van der Waals surface area contributed by atoms with E-state index in [0.29, 0.717) is 12.1 Å². The van der Waals surface area contributed by atoms with Gasteiger partial charge in [0.15, 0.2) is 6.54 Å². The Balaban J connectivity index is 1.28. The highest BCUT2D eigenvalue weighted by atomic mass is 16.1. The van der Waals surface area contributed by atoms with E-state index in [1.54, 1.807) is 0 Å². The van der Waals surface area contributed by atoms with Crippen LogP contribution >= 0.6 is 0 Å². The third-order valence-corrected chi connectivity index (χ3v) is 6.86. The Bertz CT molecular complexity index is 572. The number of hydrogen-bond donors (Lipinski definition) is 2. The molecule has 4 saturated carbocycles. The van der Waals surface area contributed by atoms with Crippen molar-refractivity contribution < 1.29 is 10.1 Å². The molecule has 4 bridgehead atoms. The van der Waals surface area contributed by atoms with E-state index >= 15 is 0 Å². The molecule has 0 heterocycles. The smallest absolute Gasteiger partial charge is 0.279 e. The number of hydrogen-bond acceptors (Lipinski definition) is 1. The summed E-state index contributed by atoms with van der Waals surface area (Å²) in [6.45, 7) is 2.79. The first-order chi connectivity index (χ1) is 12.1. The lowest BCUT2D eigenvalue weighted by molar-refractivity contribution is -0.729. The Kier molecular flexibility index (Phi) is 4.86. The highest BCUT2D eigenvalue weighted by molar-refractivity contribution is 5.91. The van der Waals surface area contributed by atoms with Gasteiger partial charge in [-0.3, -0.25) is 4.79 Å². The Morgan fingerprint density at radius 3 is 2.24 bits per heavy atom. The second-order valence-electron chi connectivity index (χ2n) is 9.04. The molecule has 5 rings (SSSR count). The van der Waals surface area contributed by atoms with Crippen molar-refractivity contribution in [2.45, 2.75) is 70.3 Å². The van der Waals surface area contributed by atoms with Gasteiger partial charge in [-0.2, -0.15) is 0 Å². The minimum absolute atomic E-state index is 0.150. The molecule has 3 N–H and O–H groups in total. The van der Waals surface area contributed by atoms with Crippen molar-refractivity contribution >= 4 is 11.6 Å². The lowest BCUT2D eigenvalue weighted by Gasteiger charge is -2.54. The van der Waals surface area contributed by atoms with E-state index in [1.165, 1.54) is 56.9 Å². The third kappa shape index (κ3) is 3.92. The van der Waals surface area contributed by atoms with E-state index in [1.807, 2.05) is 12.1 Å². The number of rotatable bonds is 7. The number of carbonyl (C=O) groups excluding carboxylic acids is 1. The first kappa shape index (κ1) is 17.1. The number of carbonyl (C=O) groups is 1. The van der Waals surface area contributed by atoms with Crippen LogP contribution in [0.15, 0.2) is 24.3 Å². The summed E-state index contributed by atoms with van der Waals surface area (Å²) in [5.41, 5.74) is 2.68. The Morgan fingerprint density at radius 2 is 1.68 bits per heavy atom. The van der Waals surface area contributed by atoms with E-state index < -0.39 is 0 Å². The van der Waals surface area contributed by atoms with Gasteiger partial charge < -0.3 is 10.6 Å². The lowest BCUT2D eigenvalue weighted by Crippen LogP contribution is -3.00. The van der Waals surface area contributed by atoms with Gasteiger partial charge in [0.1, 0.15) is 0 Å². The van der Waals surface area contributed by atoms with Crippen LogP contribution in [0.4, 0.5) is 5.69 Å². The number of unbranched alkanes of at least 4 members (excludes halogenated alkanes) is 1. The van der Waals surface area contributed by atoms with Crippen molar-refractivity contribution in [3.63, 3.8) is 0 Å². The molecular weight excluding hydrogens is 308 g/mol. The van der Waals surface area contributed by atoms with Crippen molar-refractivity contribution in [3.8, 4) is 0 Å². The van der Waals surface area contributed by atoms with Gasteiger partial charge in [0.05, 0.1) is 5.54 Å². The topological polar surface area (TPSA) is 45.7 Å². The molecule has 4 aliphatic carbocycles. The van der Waals surface area contributed by atoms with Gasteiger partial charge in [-0.1, -0.05) is 25.5 Å². The molecule has 4 fully saturated rings. The summed E-state index contributed by atoms with van der Waals surface area (Å²) in [5, 5.41) is 5.48. The molecule has 0 saturated heterocycles. The average molecular weight is 342 g/mol. The van der Waals surface area contributed by atoms with Crippen molar-refractivity contribution in [3.05, 3.63) is 29.8 Å². The maximum absolute atomic E-state index is 12.4. The molecule has 1 aromatic carbocycles. The fourth-order valence-corrected chi connectivity index (χ4v) is 6.08. The van der Waals surface area contributed by atoms with Crippen LogP contribution in [-0.4, -0.2) is 18.0 Å². The van der Waals surface area contributed by atoms with Crippen LogP contribution in [0, 0.1) is 17.8 Å². The summed E-state index contributed by atoms with van der Waals surface area (Å²) < 4.78 is 0. The predicted molar refractivity (Wildman–Crippen MR) is 101 cm³/mol. The zero-order valence-electron chi connectivity index (χ0n) is 15.6. The van der Waals surface area contributed by atoms with Crippen LogP contribution in [-0.2, 0) is 11.2 Å². The molecule has 25 heavy (non-hydrogen) atoms. The van der Waals surface area contributed by atoms with Crippen LogP contribution in [0.2, 0.25) is 0 Å². The second-order valence-corrected chi connectivity index (χ2v) is 9.04. The first-order valence-electron chi connectivity index (χ1n) is 10.4. The molecule has 0 radical (unpaired) electrons. The van der Waals surface area contributed by atoms with Crippen LogP contribution in [0.25, 0.3) is 0 Å². The number of amides is 1. The van der Waals surface area contributed by atoms with Crippen LogP contribution in [0.1, 0.15) is 63.9 Å². The van der Waals surface area contributed by atoms with Gasteiger partial charge >= 0.3 is 0 Å². The highest BCUT2D eigenvalue weighted by Gasteiger charge is 2.53. The zero-order chi connectivity index (χ0) is 17.3. The molecule has 0 unspecified atom stereocenters. The van der Waals surface area contributed by atoms with Gasteiger partial charge in [-0.15, -0.1) is 0 Å². The minimum atomic E-state index is 0.150. The highest BCUT2D eigenvalue weighted by Crippen LogP contribution is 2.54. The molecule has 0 atom stereocenters. The van der Waals surface area contributed by atoms with Crippen molar-refractivity contribution in [1.29, 1.82) is 0 Å². The summed E-state index contributed by atoms with van der Waals surface area (Å²) in [5.74, 6) is 2.99. The van der Waals surface area contributed by atoms with Gasteiger partial charge in [0, 0.05) is 24.9 Å². The van der Waals surface area contributed by atoms with Gasteiger partial charge in [-0.25, -0.2) is 0 Å². The standard InChI is InChI=1S/C22H32N2O/c1-2-3-4-16-5-7-20(8-6-16)24-21(25)15-23-22-12-17-9-18(13-22)11-19(10-17)14-22/h5-8,17-19,23H,2-4,9-15H2,1H3,(H,24,25)/p+1. The Morgan fingerprint density at radius 1 is 1.08 bits per heavy atom. The maximum atomic E-state index is 12.4. The fraction of sp³-hybridized carbons (Fsp3) is 0.682. The molecule has 0 aliphatic heterocycles. The van der Waals surface area contributed by atoms with E-state index in [4.69, 9.17) is 0 Å². The van der Waals surface area contributed by atoms with Gasteiger partial charge in [0.2, 0.25) is 0 Å². The molecule has 1 amide bonds. The average Bonchev–Trinajstić information content (AvgIpc) is 2.58. The number of nitrogens with one attached hydrogen (secondary N) is 1. The van der Waals surface area contributed by atoms with Crippen molar-refractivity contribution in [2.75, 3.05) is 11.9 Å². The second kappa shape index (κ2) is 7.11. The van der Waals surface area contributed by atoms with Crippen LogP contribution in [0.5, 0.6) is 0 Å². The third-order valence-electron chi connectivity index (χ3n) is 6.86. The van der Waals surface area contributed by atoms with E-state index in [0.717, 1.165) is 29.9 Å². The van der Waals surface area contributed by atoms with Crippen LogP contribution in [0.3, 0.4) is 0 Å². The summed E-state index contributed by atoms with van der Waals surface area (Å²) in [6, 6.07) is 8.39. The molecule has 3 heteroatoms. The number of benzene rings is 1. The lowest BCUT2D eigenvalue weighted by atomic mass is 9.53. The maximum Gasteiger partial charge on any atom is 0.279 e. The van der Waals surface area contributed by atoms with Crippen LogP contribution < -0.4 is 10.6 Å². The number of quaternary nitrogens is 1. The normalized spacial score (nSPS) is 32.8. The largest absolute Gasteiger partial charge is 0.334 e. The summed E-state index contributed by atoms with van der Waals surface area (Å²) in [6.07, 6.45) is 12.0. The van der Waals surface area contributed by atoms with Crippen molar-refractivity contribution in [1.82, 2.24) is 0 Å². The monoisotopic (exact) mass is 341 g/mol. The SMILES string of the molecule is CCCCc1ccc(NC(=O)C[NH2+]C23CC4CC(CC(C4)C2)C3)cc1. The van der Waals surface area contributed by atoms with E-state index in [2.05, 4.69) is 29.7 Å². The number of aryl methyl sites for hydroxylation is 1. The molecule has 136 valence electrons. The molecule has 3 nitrogen and oxygen atoms in total. The first-order valence-corrected chi connectivity index (χ1v) is 10.4. The zero-order valence-corrected chi connectivity index (χ0v) is 15.6. The quantitative estimate of drug-likeness (QED) is 0.783. The summed E-state index contributed by atoms with van der Waals surface area (Å²) in [7, 11) is 0. The molecular formula is C22H33N2O+. The Hall–Kier alpha value is -1.35. The number of anilines is 1.